The number of urea groups is 1. The lowest BCUT2D eigenvalue weighted by Gasteiger charge is -2.14. The number of amides is 2. The molecule has 0 aromatic heterocycles. The summed E-state index contributed by atoms with van der Waals surface area (Å²) in [5.74, 6) is -1.72. The Kier molecular flexibility index (Phi) is 9.15. The van der Waals surface area contributed by atoms with Gasteiger partial charge in [0.2, 0.25) is 0 Å². The quantitative estimate of drug-likeness (QED) is 0.394. The highest BCUT2D eigenvalue weighted by Gasteiger charge is 2.20. The fourth-order valence-electron chi connectivity index (χ4n) is 1.25. The molecule has 0 unspecified atom stereocenters. The Balaban J connectivity index is 4.01. The van der Waals surface area contributed by atoms with Crippen LogP contribution in [-0.2, 0) is 19.1 Å². The number of carboxylic acids is 1. The minimum absolute atomic E-state index is 0.0203. The predicted octanol–water partition coefficient (Wildman–Crippen LogP) is -0.271. The SMILES string of the molecule is COCCCNC(=O)N[C@H](CCC(=O)OC)C(=O)O. The van der Waals surface area contributed by atoms with Crippen LogP contribution in [0.1, 0.15) is 19.3 Å². The lowest BCUT2D eigenvalue weighted by Crippen LogP contribution is -2.46. The molecule has 0 aromatic carbocycles. The van der Waals surface area contributed by atoms with Crippen molar-refractivity contribution in [2.75, 3.05) is 27.4 Å². The molecule has 3 N–H and O–H groups in total. The van der Waals surface area contributed by atoms with Crippen LogP contribution in [0.15, 0.2) is 0 Å². The van der Waals surface area contributed by atoms with E-state index in [1.54, 1.807) is 7.11 Å². The van der Waals surface area contributed by atoms with Gasteiger partial charge >= 0.3 is 18.0 Å². The number of ether oxygens (including phenoxy) is 2. The number of carbonyl (C=O) groups is 3. The maximum absolute atomic E-state index is 11.4. The molecule has 0 aliphatic carbocycles. The van der Waals surface area contributed by atoms with E-state index in [0.717, 1.165) is 0 Å². The van der Waals surface area contributed by atoms with Gasteiger partial charge in [0.15, 0.2) is 0 Å². The summed E-state index contributed by atoms with van der Waals surface area (Å²) >= 11 is 0. The summed E-state index contributed by atoms with van der Waals surface area (Å²) in [5.41, 5.74) is 0. The molecule has 0 aliphatic rings. The Bertz CT molecular complexity index is 308. The van der Waals surface area contributed by atoms with Crippen LogP contribution < -0.4 is 10.6 Å². The second-order valence-corrected chi connectivity index (χ2v) is 3.75. The number of hydrogen-bond donors (Lipinski definition) is 3. The number of esters is 1. The zero-order valence-corrected chi connectivity index (χ0v) is 11.1. The van der Waals surface area contributed by atoms with Gasteiger partial charge in [0.1, 0.15) is 6.04 Å². The molecule has 0 spiro atoms. The molecule has 110 valence electrons. The minimum atomic E-state index is -1.20. The third-order valence-electron chi connectivity index (χ3n) is 2.28. The van der Waals surface area contributed by atoms with E-state index in [4.69, 9.17) is 9.84 Å². The van der Waals surface area contributed by atoms with Gasteiger partial charge in [-0.25, -0.2) is 9.59 Å². The van der Waals surface area contributed by atoms with Crippen molar-refractivity contribution in [2.24, 2.45) is 0 Å². The fourth-order valence-corrected chi connectivity index (χ4v) is 1.25. The Hall–Kier alpha value is -1.83. The van der Waals surface area contributed by atoms with E-state index in [1.165, 1.54) is 7.11 Å². The van der Waals surface area contributed by atoms with Gasteiger partial charge < -0.3 is 25.2 Å². The van der Waals surface area contributed by atoms with Crippen LogP contribution in [0.25, 0.3) is 0 Å². The largest absolute Gasteiger partial charge is 0.480 e. The van der Waals surface area contributed by atoms with Gasteiger partial charge in [0, 0.05) is 26.7 Å². The number of hydrogen-bond acceptors (Lipinski definition) is 5. The van der Waals surface area contributed by atoms with Crippen molar-refractivity contribution in [1.29, 1.82) is 0 Å². The zero-order chi connectivity index (χ0) is 14.7. The van der Waals surface area contributed by atoms with Crippen molar-refractivity contribution >= 4 is 18.0 Å². The van der Waals surface area contributed by atoms with Crippen LogP contribution in [-0.4, -0.2) is 56.5 Å². The molecular weight excluding hydrogens is 256 g/mol. The molecule has 0 heterocycles. The van der Waals surface area contributed by atoms with E-state index >= 15 is 0 Å². The van der Waals surface area contributed by atoms with Crippen LogP contribution in [0.3, 0.4) is 0 Å². The maximum Gasteiger partial charge on any atom is 0.326 e. The predicted molar refractivity (Wildman–Crippen MR) is 65.7 cm³/mol. The van der Waals surface area contributed by atoms with Crippen LogP contribution in [0.5, 0.6) is 0 Å². The average Bonchev–Trinajstić information content (AvgIpc) is 2.38. The van der Waals surface area contributed by atoms with E-state index < -0.39 is 24.0 Å². The molecule has 0 rings (SSSR count). The third-order valence-corrected chi connectivity index (χ3v) is 2.28. The number of carbonyl (C=O) groups excluding carboxylic acids is 2. The highest BCUT2D eigenvalue weighted by Crippen LogP contribution is 1.99. The Morgan fingerprint density at radius 3 is 2.47 bits per heavy atom. The standard InChI is InChI=1S/C11H20N2O6/c1-18-7-3-6-12-11(17)13-8(10(15)16)4-5-9(14)19-2/h8H,3-7H2,1-2H3,(H,15,16)(H2,12,13,17)/t8-/m1/s1. The Labute approximate surface area is 111 Å². The van der Waals surface area contributed by atoms with Crippen molar-refractivity contribution in [2.45, 2.75) is 25.3 Å². The first-order chi connectivity index (χ1) is 9.01. The molecule has 8 nitrogen and oxygen atoms in total. The van der Waals surface area contributed by atoms with E-state index in [1.807, 2.05) is 0 Å². The van der Waals surface area contributed by atoms with Crippen molar-refractivity contribution in [3.8, 4) is 0 Å². The summed E-state index contributed by atoms with van der Waals surface area (Å²) in [7, 11) is 2.77. The monoisotopic (exact) mass is 276 g/mol. The van der Waals surface area contributed by atoms with E-state index in [2.05, 4.69) is 15.4 Å². The molecule has 19 heavy (non-hydrogen) atoms. The molecule has 0 fully saturated rings. The molecule has 0 saturated heterocycles. The van der Waals surface area contributed by atoms with Crippen LogP contribution in [0, 0.1) is 0 Å². The second-order valence-electron chi connectivity index (χ2n) is 3.75. The Morgan fingerprint density at radius 2 is 1.95 bits per heavy atom. The summed E-state index contributed by atoms with van der Waals surface area (Å²) in [6.45, 7) is 0.883. The topological polar surface area (TPSA) is 114 Å². The molecule has 0 aromatic rings. The van der Waals surface area contributed by atoms with Gasteiger partial charge in [-0.1, -0.05) is 0 Å². The first kappa shape index (κ1) is 17.2. The number of rotatable bonds is 9. The lowest BCUT2D eigenvalue weighted by atomic mass is 10.1. The molecule has 2 amide bonds. The number of aliphatic carboxylic acids is 1. The van der Waals surface area contributed by atoms with Crippen LogP contribution in [0.2, 0.25) is 0 Å². The van der Waals surface area contributed by atoms with Crippen LogP contribution in [0.4, 0.5) is 4.79 Å². The van der Waals surface area contributed by atoms with Gasteiger partial charge in [-0.3, -0.25) is 4.79 Å². The van der Waals surface area contributed by atoms with Crippen molar-refractivity contribution in [3.63, 3.8) is 0 Å². The molecule has 1 atom stereocenters. The van der Waals surface area contributed by atoms with Crippen molar-refractivity contribution in [1.82, 2.24) is 10.6 Å². The molecule has 8 heteroatoms. The van der Waals surface area contributed by atoms with Crippen LogP contribution >= 0.6 is 0 Å². The highest BCUT2D eigenvalue weighted by atomic mass is 16.5. The number of carboxylic acid groups (broad SMARTS) is 1. The van der Waals surface area contributed by atoms with Gasteiger partial charge in [-0.2, -0.15) is 0 Å². The average molecular weight is 276 g/mol. The lowest BCUT2D eigenvalue weighted by molar-refractivity contribution is -0.142. The third kappa shape index (κ3) is 8.83. The van der Waals surface area contributed by atoms with E-state index in [0.29, 0.717) is 19.6 Å². The van der Waals surface area contributed by atoms with Gasteiger partial charge in [-0.15, -0.1) is 0 Å². The summed E-state index contributed by atoms with van der Waals surface area (Å²) in [4.78, 5) is 33.2. The van der Waals surface area contributed by atoms with Gasteiger partial charge in [-0.05, 0) is 12.8 Å². The Morgan fingerprint density at radius 1 is 1.26 bits per heavy atom. The molecule has 0 aliphatic heterocycles. The molecule has 0 radical (unpaired) electrons. The van der Waals surface area contributed by atoms with Crippen molar-refractivity contribution in [3.05, 3.63) is 0 Å². The summed E-state index contributed by atoms with van der Waals surface area (Å²) < 4.78 is 9.21. The zero-order valence-electron chi connectivity index (χ0n) is 11.1. The number of nitrogens with one attached hydrogen (secondary N) is 2. The molecular formula is C11H20N2O6. The number of methoxy groups -OCH3 is 2. The first-order valence-corrected chi connectivity index (χ1v) is 5.84. The molecule has 0 bridgehead atoms. The van der Waals surface area contributed by atoms with E-state index in [-0.39, 0.29) is 12.8 Å². The smallest absolute Gasteiger partial charge is 0.326 e. The molecule has 0 saturated carbocycles. The minimum Gasteiger partial charge on any atom is -0.480 e. The van der Waals surface area contributed by atoms with E-state index in [9.17, 15) is 14.4 Å². The van der Waals surface area contributed by atoms with Gasteiger partial charge in [0.25, 0.3) is 0 Å². The van der Waals surface area contributed by atoms with Crippen molar-refractivity contribution < 1.29 is 29.0 Å². The first-order valence-electron chi connectivity index (χ1n) is 5.84. The summed E-state index contributed by atoms with van der Waals surface area (Å²) in [6, 6.07) is -1.71. The highest BCUT2D eigenvalue weighted by molar-refractivity contribution is 5.83. The fraction of sp³-hybridized carbons (Fsp3) is 0.727. The second kappa shape index (κ2) is 10.1. The normalized spacial score (nSPS) is 11.5. The summed E-state index contributed by atoms with van der Waals surface area (Å²) in [6.07, 6.45) is 0.536. The maximum atomic E-state index is 11.4. The summed E-state index contributed by atoms with van der Waals surface area (Å²) in [5, 5.41) is 13.7. The van der Waals surface area contributed by atoms with Gasteiger partial charge in [0.05, 0.1) is 7.11 Å².